The van der Waals surface area contributed by atoms with Crippen molar-refractivity contribution in [3.63, 3.8) is 0 Å². The second-order valence-electron chi connectivity index (χ2n) is 4.40. The Labute approximate surface area is 113 Å². The molecular formula is C13H18ClN3O. The third kappa shape index (κ3) is 2.93. The van der Waals surface area contributed by atoms with Crippen LogP contribution in [-0.2, 0) is 4.79 Å². The van der Waals surface area contributed by atoms with Gasteiger partial charge in [-0.1, -0.05) is 18.5 Å². The minimum atomic E-state index is 0.234. The number of amides is 1. The van der Waals surface area contributed by atoms with E-state index in [1.165, 1.54) is 0 Å². The summed E-state index contributed by atoms with van der Waals surface area (Å²) in [5, 5.41) is 0.674. The van der Waals surface area contributed by atoms with E-state index >= 15 is 0 Å². The molecule has 1 amide bonds. The Kier molecular flexibility index (Phi) is 4.42. The van der Waals surface area contributed by atoms with Crippen LogP contribution in [0.2, 0.25) is 5.02 Å². The van der Waals surface area contributed by atoms with Crippen LogP contribution in [0.3, 0.4) is 0 Å². The largest absolute Gasteiger partial charge is 0.368 e. The Hall–Kier alpha value is -1.29. The van der Waals surface area contributed by atoms with E-state index in [9.17, 15) is 4.79 Å². The zero-order valence-electron chi connectivity index (χ0n) is 10.6. The maximum atomic E-state index is 11.7. The Balaban J connectivity index is 2.05. The summed E-state index contributed by atoms with van der Waals surface area (Å²) in [6.45, 7) is 5.27. The summed E-state index contributed by atoms with van der Waals surface area (Å²) in [5.41, 5.74) is 1.01. The van der Waals surface area contributed by atoms with Gasteiger partial charge in [0.25, 0.3) is 0 Å². The van der Waals surface area contributed by atoms with E-state index in [1.54, 1.807) is 12.4 Å². The highest BCUT2D eigenvalue weighted by Crippen LogP contribution is 2.25. The monoisotopic (exact) mass is 267 g/mol. The van der Waals surface area contributed by atoms with Crippen molar-refractivity contribution in [3.8, 4) is 0 Å². The zero-order valence-corrected chi connectivity index (χ0v) is 11.4. The van der Waals surface area contributed by atoms with Crippen LogP contribution in [0.1, 0.15) is 19.8 Å². The molecular weight excluding hydrogens is 250 g/mol. The highest BCUT2D eigenvalue weighted by Gasteiger charge is 2.19. The lowest BCUT2D eigenvalue weighted by atomic mass is 10.3. The van der Waals surface area contributed by atoms with Crippen LogP contribution in [0.25, 0.3) is 0 Å². The molecule has 2 heterocycles. The van der Waals surface area contributed by atoms with Gasteiger partial charge in [0, 0.05) is 45.0 Å². The lowest BCUT2D eigenvalue weighted by molar-refractivity contribution is -0.130. The summed E-state index contributed by atoms with van der Waals surface area (Å²) in [5.74, 6) is 0.234. The molecule has 5 heteroatoms. The molecule has 0 atom stereocenters. The molecule has 1 aromatic rings. The summed E-state index contributed by atoms with van der Waals surface area (Å²) in [6, 6.07) is 1.93. The van der Waals surface area contributed by atoms with Crippen molar-refractivity contribution in [2.24, 2.45) is 0 Å². The summed E-state index contributed by atoms with van der Waals surface area (Å²) < 4.78 is 0. The highest BCUT2D eigenvalue weighted by atomic mass is 35.5. The van der Waals surface area contributed by atoms with Crippen molar-refractivity contribution in [3.05, 3.63) is 23.5 Å². The first kappa shape index (κ1) is 13.1. The average molecular weight is 268 g/mol. The van der Waals surface area contributed by atoms with Crippen LogP contribution >= 0.6 is 11.6 Å². The average Bonchev–Trinajstić information content (AvgIpc) is 2.64. The summed E-state index contributed by atoms with van der Waals surface area (Å²) in [6.07, 6.45) is 4.97. The number of anilines is 1. The molecule has 1 fully saturated rings. The predicted octanol–water partition coefficient (Wildman–Crippen LogP) is 2.18. The molecule has 0 unspecified atom stereocenters. The molecule has 4 nitrogen and oxygen atoms in total. The van der Waals surface area contributed by atoms with Gasteiger partial charge in [-0.25, -0.2) is 0 Å². The van der Waals surface area contributed by atoms with Gasteiger partial charge in [0.1, 0.15) is 0 Å². The Morgan fingerprint density at radius 1 is 1.39 bits per heavy atom. The maximum absolute atomic E-state index is 11.7. The number of carbonyl (C=O) groups excluding carboxylic acids is 1. The normalized spacial score (nSPS) is 16.6. The fraction of sp³-hybridized carbons (Fsp3) is 0.538. The number of hydrogen-bond donors (Lipinski definition) is 0. The molecule has 0 saturated carbocycles. The van der Waals surface area contributed by atoms with Crippen LogP contribution in [0, 0.1) is 0 Å². The van der Waals surface area contributed by atoms with Crippen LogP contribution in [-0.4, -0.2) is 42.0 Å². The van der Waals surface area contributed by atoms with E-state index in [0.29, 0.717) is 11.4 Å². The van der Waals surface area contributed by atoms with Crippen LogP contribution in [0.15, 0.2) is 18.5 Å². The highest BCUT2D eigenvalue weighted by molar-refractivity contribution is 6.33. The summed E-state index contributed by atoms with van der Waals surface area (Å²) in [4.78, 5) is 19.9. The van der Waals surface area contributed by atoms with Crippen molar-refractivity contribution in [1.82, 2.24) is 9.88 Å². The van der Waals surface area contributed by atoms with Gasteiger partial charge in [-0.2, -0.15) is 0 Å². The number of halogens is 1. The lowest BCUT2D eigenvalue weighted by Gasteiger charge is -2.24. The number of pyridine rings is 1. The summed E-state index contributed by atoms with van der Waals surface area (Å²) in [7, 11) is 0. The van der Waals surface area contributed by atoms with Crippen molar-refractivity contribution in [2.45, 2.75) is 19.8 Å². The molecule has 0 bridgehead atoms. The SMILES string of the molecule is CCC(=O)N1CCCN(c2ccncc2Cl)CC1. The van der Waals surface area contributed by atoms with Crippen LogP contribution in [0.5, 0.6) is 0 Å². The molecule has 0 N–H and O–H groups in total. The van der Waals surface area contributed by atoms with Gasteiger partial charge in [0.2, 0.25) is 5.91 Å². The van der Waals surface area contributed by atoms with Crippen molar-refractivity contribution < 1.29 is 4.79 Å². The topological polar surface area (TPSA) is 36.4 Å². The van der Waals surface area contributed by atoms with E-state index in [-0.39, 0.29) is 5.91 Å². The first-order valence-electron chi connectivity index (χ1n) is 6.34. The minimum Gasteiger partial charge on any atom is -0.368 e. The van der Waals surface area contributed by atoms with E-state index in [2.05, 4.69) is 9.88 Å². The molecule has 18 heavy (non-hydrogen) atoms. The van der Waals surface area contributed by atoms with Crippen LogP contribution in [0.4, 0.5) is 5.69 Å². The molecule has 0 aromatic carbocycles. The third-order valence-corrected chi connectivity index (χ3v) is 3.53. The van der Waals surface area contributed by atoms with Gasteiger partial charge in [-0.05, 0) is 12.5 Å². The lowest BCUT2D eigenvalue weighted by Crippen LogP contribution is -2.34. The maximum Gasteiger partial charge on any atom is 0.222 e. The molecule has 0 radical (unpaired) electrons. The summed E-state index contributed by atoms with van der Waals surface area (Å²) >= 11 is 6.15. The number of nitrogens with zero attached hydrogens (tertiary/aromatic N) is 3. The predicted molar refractivity (Wildman–Crippen MR) is 72.9 cm³/mol. The van der Waals surface area contributed by atoms with E-state index in [4.69, 9.17) is 11.6 Å². The van der Waals surface area contributed by atoms with Crippen LogP contribution < -0.4 is 4.90 Å². The Bertz CT molecular complexity index is 424. The second kappa shape index (κ2) is 6.05. The van der Waals surface area contributed by atoms with E-state index in [0.717, 1.165) is 38.3 Å². The van der Waals surface area contributed by atoms with Gasteiger partial charge in [0.05, 0.1) is 10.7 Å². The Morgan fingerprint density at radius 3 is 2.94 bits per heavy atom. The Morgan fingerprint density at radius 2 is 2.22 bits per heavy atom. The minimum absolute atomic E-state index is 0.234. The first-order chi connectivity index (χ1) is 8.72. The smallest absolute Gasteiger partial charge is 0.222 e. The van der Waals surface area contributed by atoms with E-state index < -0.39 is 0 Å². The number of rotatable bonds is 2. The molecule has 98 valence electrons. The third-order valence-electron chi connectivity index (χ3n) is 3.24. The molecule has 1 aliphatic rings. The number of hydrogen-bond acceptors (Lipinski definition) is 3. The molecule has 0 spiro atoms. The fourth-order valence-corrected chi connectivity index (χ4v) is 2.49. The molecule has 0 aliphatic carbocycles. The zero-order chi connectivity index (χ0) is 13.0. The van der Waals surface area contributed by atoms with Crippen molar-refractivity contribution in [2.75, 3.05) is 31.1 Å². The van der Waals surface area contributed by atoms with Gasteiger partial charge in [0.15, 0.2) is 0 Å². The van der Waals surface area contributed by atoms with E-state index in [1.807, 2.05) is 17.9 Å². The fourth-order valence-electron chi connectivity index (χ4n) is 2.26. The van der Waals surface area contributed by atoms with Crippen molar-refractivity contribution in [1.29, 1.82) is 0 Å². The second-order valence-corrected chi connectivity index (χ2v) is 4.81. The van der Waals surface area contributed by atoms with Gasteiger partial charge < -0.3 is 9.80 Å². The van der Waals surface area contributed by atoms with Gasteiger partial charge >= 0.3 is 0 Å². The standard InChI is InChI=1S/C13H18ClN3O/c1-2-13(18)17-7-3-6-16(8-9-17)12-4-5-15-10-11(12)14/h4-5,10H,2-3,6-9H2,1H3. The molecule has 1 aliphatic heterocycles. The quantitative estimate of drug-likeness (QED) is 0.824. The number of carbonyl (C=O) groups is 1. The first-order valence-corrected chi connectivity index (χ1v) is 6.72. The molecule has 2 rings (SSSR count). The number of aromatic nitrogens is 1. The van der Waals surface area contributed by atoms with Crippen molar-refractivity contribution >= 4 is 23.2 Å². The van der Waals surface area contributed by atoms with Gasteiger partial charge in [-0.3, -0.25) is 9.78 Å². The molecule has 1 aromatic heterocycles. The van der Waals surface area contributed by atoms with Gasteiger partial charge in [-0.15, -0.1) is 0 Å². The molecule has 1 saturated heterocycles.